The number of carbonyl (C=O) groups is 1. The second kappa shape index (κ2) is 7.17. The Balaban J connectivity index is 1.55. The lowest BCUT2D eigenvalue weighted by molar-refractivity contribution is 0.102. The third kappa shape index (κ3) is 3.78. The molecule has 0 unspecified atom stereocenters. The predicted molar refractivity (Wildman–Crippen MR) is 104 cm³/mol. The van der Waals surface area contributed by atoms with Crippen LogP contribution in [0.15, 0.2) is 46.5 Å². The van der Waals surface area contributed by atoms with E-state index in [1.54, 1.807) is 18.3 Å². The Hall–Kier alpha value is -2.25. The van der Waals surface area contributed by atoms with Crippen LogP contribution in [0.5, 0.6) is 0 Å². The topological polar surface area (TPSA) is 67.8 Å². The van der Waals surface area contributed by atoms with Crippen LogP contribution in [0.4, 0.5) is 5.13 Å². The molecule has 132 valence electrons. The van der Waals surface area contributed by atoms with Crippen LogP contribution in [0.1, 0.15) is 45.3 Å². The fourth-order valence-electron chi connectivity index (χ4n) is 2.61. The third-order valence-electron chi connectivity index (χ3n) is 4.14. The lowest BCUT2D eigenvalue weighted by Crippen LogP contribution is -2.13. The van der Waals surface area contributed by atoms with E-state index in [0.717, 1.165) is 9.90 Å². The number of aryl methyl sites for hydroxylation is 2. The van der Waals surface area contributed by atoms with Crippen molar-refractivity contribution in [3.8, 4) is 0 Å². The number of rotatable bonds is 5. The number of amides is 1. The Morgan fingerprint density at radius 3 is 2.85 bits per heavy atom. The Bertz CT molecular complexity index is 966. The van der Waals surface area contributed by atoms with Gasteiger partial charge in [-0.25, -0.2) is 4.98 Å². The van der Waals surface area contributed by atoms with Gasteiger partial charge in [-0.05, 0) is 50.5 Å². The quantitative estimate of drug-likeness (QED) is 0.684. The largest absolute Gasteiger partial charge is 0.296 e. The average Bonchev–Trinajstić information content (AvgIpc) is 3.37. The van der Waals surface area contributed by atoms with Crippen LogP contribution in [0.3, 0.4) is 0 Å². The molecule has 1 aliphatic rings. The molecule has 0 bridgehead atoms. The van der Waals surface area contributed by atoms with Gasteiger partial charge in [0.15, 0.2) is 0 Å². The van der Waals surface area contributed by atoms with Gasteiger partial charge in [0.2, 0.25) is 5.13 Å². The molecule has 1 amide bonds. The fourth-order valence-corrected chi connectivity index (χ4v) is 4.46. The lowest BCUT2D eigenvalue weighted by atomic mass is 10.2. The monoisotopic (exact) mass is 382 g/mol. The van der Waals surface area contributed by atoms with Gasteiger partial charge >= 0.3 is 0 Å². The van der Waals surface area contributed by atoms with Crippen LogP contribution in [0.2, 0.25) is 0 Å². The second-order valence-electron chi connectivity index (χ2n) is 6.40. The molecular weight excluding hydrogens is 364 g/mol. The maximum absolute atomic E-state index is 12.7. The summed E-state index contributed by atoms with van der Waals surface area (Å²) in [7, 11) is 0. The summed E-state index contributed by atoms with van der Waals surface area (Å²) >= 11 is 2.96. The molecule has 1 fully saturated rings. The van der Waals surface area contributed by atoms with Crippen molar-refractivity contribution < 1.29 is 4.79 Å². The molecular formula is C19H18N4OS2. The van der Waals surface area contributed by atoms with Crippen LogP contribution >= 0.6 is 23.1 Å². The van der Waals surface area contributed by atoms with Gasteiger partial charge in [0.1, 0.15) is 10.0 Å². The highest BCUT2D eigenvalue weighted by atomic mass is 32.2. The molecule has 5 nitrogen and oxygen atoms in total. The first-order valence-electron chi connectivity index (χ1n) is 8.45. The van der Waals surface area contributed by atoms with E-state index in [0.29, 0.717) is 21.6 Å². The van der Waals surface area contributed by atoms with E-state index in [2.05, 4.69) is 52.5 Å². The first-order valence-corrected chi connectivity index (χ1v) is 10.1. The van der Waals surface area contributed by atoms with Crippen molar-refractivity contribution in [3.63, 3.8) is 0 Å². The molecule has 1 N–H and O–H groups in total. The zero-order chi connectivity index (χ0) is 18.1. The second-order valence-corrected chi connectivity index (χ2v) is 8.44. The summed E-state index contributed by atoms with van der Waals surface area (Å²) in [6.45, 7) is 4.14. The van der Waals surface area contributed by atoms with Crippen LogP contribution in [-0.4, -0.2) is 21.1 Å². The highest BCUT2D eigenvalue weighted by molar-refractivity contribution is 7.99. The number of pyridine rings is 1. The van der Waals surface area contributed by atoms with Crippen molar-refractivity contribution in [2.45, 2.75) is 42.5 Å². The van der Waals surface area contributed by atoms with E-state index in [4.69, 9.17) is 0 Å². The number of anilines is 1. The Kier molecular flexibility index (Phi) is 4.74. The molecule has 2 aromatic heterocycles. The van der Waals surface area contributed by atoms with E-state index in [-0.39, 0.29) is 5.91 Å². The summed E-state index contributed by atoms with van der Waals surface area (Å²) in [5, 5.41) is 13.4. The summed E-state index contributed by atoms with van der Waals surface area (Å²) < 4.78 is 0. The highest BCUT2D eigenvalue weighted by Gasteiger charge is 2.28. The molecule has 1 saturated carbocycles. The van der Waals surface area contributed by atoms with E-state index in [9.17, 15) is 4.79 Å². The number of carbonyl (C=O) groups excluding carboxylic acids is 1. The maximum atomic E-state index is 12.7. The van der Waals surface area contributed by atoms with Gasteiger partial charge in [0, 0.05) is 17.0 Å². The Labute approximate surface area is 160 Å². The SMILES string of the molecule is Cc1ccc(Sc2ncccc2C(=O)Nc2nnc(C3CC3)s2)c(C)c1. The zero-order valence-electron chi connectivity index (χ0n) is 14.5. The molecule has 0 spiro atoms. The van der Waals surface area contributed by atoms with Crippen molar-refractivity contribution in [1.29, 1.82) is 0 Å². The van der Waals surface area contributed by atoms with Gasteiger partial charge in [-0.15, -0.1) is 10.2 Å². The number of hydrogen-bond acceptors (Lipinski definition) is 6. The first-order chi connectivity index (χ1) is 12.6. The van der Waals surface area contributed by atoms with Gasteiger partial charge in [0.05, 0.1) is 5.56 Å². The number of nitrogens with one attached hydrogen (secondary N) is 1. The summed E-state index contributed by atoms with van der Waals surface area (Å²) in [5.41, 5.74) is 2.93. The van der Waals surface area contributed by atoms with Crippen LogP contribution < -0.4 is 5.32 Å². The average molecular weight is 383 g/mol. The first kappa shape index (κ1) is 17.2. The fraction of sp³-hybridized carbons (Fsp3) is 0.263. The zero-order valence-corrected chi connectivity index (χ0v) is 16.2. The molecule has 0 atom stereocenters. The minimum atomic E-state index is -0.205. The van der Waals surface area contributed by atoms with Gasteiger partial charge in [-0.3, -0.25) is 10.1 Å². The molecule has 0 radical (unpaired) electrons. The Morgan fingerprint density at radius 2 is 2.08 bits per heavy atom. The van der Waals surface area contributed by atoms with Crippen molar-refractivity contribution in [2.75, 3.05) is 5.32 Å². The van der Waals surface area contributed by atoms with Crippen molar-refractivity contribution in [3.05, 3.63) is 58.2 Å². The molecule has 3 aromatic rings. The molecule has 0 saturated heterocycles. The number of benzene rings is 1. The molecule has 7 heteroatoms. The molecule has 26 heavy (non-hydrogen) atoms. The lowest BCUT2D eigenvalue weighted by Gasteiger charge is -2.09. The van der Waals surface area contributed by atoms with Crippen LogP contribution in [-0.2, 0) is 0 Å². The normalized spacial score (nSPS) is 13.6. The smallest absolute Gasteiger partial charge is 0.260 e. The van der Waals surface area contributed by atoms with Crippen LogP contribution in [0, 0.1) is 13.8 Å². The minimum absolute atomic E-state index is 0.205. The summed E-state index contributed by atoms with van der Waals surface area (Å²) in [6, 6.07) is 9.83. The molecule has 1 aliphatic carbocycles. The van der Waals surface area contributed by atoms with Crippen molar-refractivity contribution in [2.24, 2.45) is 0 Å². The highest BCUT2D eigenvalue weighted by Crippen LogP contribution is 2.42. The Morgan fingerprint density at radius 1 is 1.23 bits per heavy atom. The minimum Gasteiger partial charge on any atom is -0.296 e. The molecule has 4 rings (SSSR count). The summed E-state index contributed by atoms with van der Waals surface area (Å²) in [6.07, 6.45) is 4.04. The van der Waals surface area contributed by atoms with Gasteiger partial charge in [0.25, 0.3) is 5.91 Å². The maximum Gasteiger partial charge on any atom is 0.260 e. The van der Waals surface area contributed by atoms with E-state index in [1.807, 2.05) is 0 Å². The van der Waals surface area contributed by atoms with Gasteiger partial charge in [-0.2, -0.15) is 0 Å². The van der Waals surface area contributed by atoms with Gasteiger partial charge in [-0.1, -0.05) is 40.8 Å². The predicted octanol–water partition coefficient (Wildman–Crippen LogP) is 4.83. The number of hydrogen-bond donors (Lipinski definition) is 1. The molecule has 2 heterocycles. The summed E-state index contributed by atoms with van der Waals surface area (Å²) in [4.78, 5) is 18.2. The molecule has 1 aromatic carbocycles. The molecule has 0 aliphatic heterocycles. The standard InChI is InChI=1S/C19H18N4OS2/c1-11-5-8-15(12(2)10-11)25-18-14(4-3-9-20-18)16(24)21-19-23-22-17(26-19)13-6-7-13/h3-5,8-10,13H,6-7H2,1-2H3,(H,21,23,24). The number of nitrogens with zero attached hydrogens (tertiary/aromatic N) is 3. The summed E-state index contributed by atoms with van der Waals surface area (Å²) in [5.74, 6) is 0.330. The van der Waals surface area contributed by atoms with E-state index >= 15 is 0 Å². The van der Waals surface area contributed by atoms with Crippen molar-refractivity contribution in [1.82, 2.24) is 15.2 Å². The van der Waals surface area contributed by atoms with Crippen LogP contribution in [0.25, 0.3) is 0 Å². The van der Waals surface area contributed by atoms with Gasteiger partial charge < -0.3 is 0 Å². The van der Waals surface area contributed by atoms with E-state index < -0.39 is 0 Å². The number of aromatic nitrogens is 3. The third-order valence-corrected chi connectivity index (χ3v) is 6.34. The van der Waals surface area contributed by atoms with E-state index in [1.165, 1.54) is 47.1 Å². The van der Waals surface area contributed by atoms with Crippen molar-refractivity contribution >= 4 is 34.1 Å².